The van der Waals surface area contributed by atoms with Crippen LogP contribution in [0.25, 0.3) is 0 Å². The first-order valence-corrected chi connectivity index (χ1v) is 7.05. The third-order valence-electron chi connectivity index (χ3n) is 3.55. The van der Waals surface area contributed by atoms with Crippen LogP contribution in [0.3, 0.4) is 0 Å². The second-order valence-electron chi connectivity index (χ2n) is 4.91. The highest BCUT2D eigenvalue weighted by Crippen LogP contribution is 2.23. The lowest BCUT2D eigenvalue weighted by Gasteiger charge is -2.19. The molecule has 3 rings (SSSR count). The minimum atomic E-state index is 0. The number of benzene rings is 2. The highest BCUT2D eigenvalue weighted by atomic mass is 35.5. The third-order valence-corrected chi connectivity index (χ3v) is 3.55. The molecular weight excluding hydrogens is 282 g/mol. The summed E-state index contributed by atoms with van der Waals surface area (Å²) in [7, 11) is 0. The average Bonchev–Trinajstić information content (AvgIpc) is 3.03. The summed E-state index contributed by atoms with van der Waals surface area (Å²) in [6, 6.07) is 21.2. The number of aliphatic imine (C=N–C) groups is 1. The zero-order valence-corrected chi connectivity index (χ0v) is 12.6. The maximum atomic E-state index is 4.39. The smallest absolute Gasteiger partial charge is 0.191 e. The van der Waals surface area contributed by atoms with Gasteiger partial charge >= 0.3 is 0 Å². The van der Waals surface area contributed by atoms with E-state index in [0.29, 0.717) is 5.92 Å². The lowest BCUT2D eigenvalue weighted by Crippen LogP contribution is -2.36. The van der Waals surface area contributed by atoms with Crippen molar-refractivity contribution >= 4 is 18.4 Å². The standard InChI is InChI=1S/C17H19N3.ClH/c1-3-7-14(8-4-1)16(15-9-5-2-6-10-15)13-20-17-18-11-12-19-17;/h1-10,16H,11-13H2,(H2,18,19,20);1H. The Hall–Kier alpha value is -2.00. The summed E-state index contributed by atoms with van der Waals surface area (Å²) in [6.45, 7) is 2.65. The molecule has 110 valence electrons. The number of hydrogen-bond donors (Lipinski definition) is 2. The number of halogens is 1. The van der Waals surface area contributed by atoms with Crippen LogP contribution in [0.15, 0.2) is 65.7 Å². The molecule has 4 heteroatoms. The van der Waals surface area contributed by atoms with Crippen LogP contribution in [-0.2, 0) is 0 Å². The zero-order valence-electron chi connectivity index (χ0n) is 11.8. The molecule has 1 heterocycles. The van der Waals surface area contributed by atoms with Crippen molar-refractivity contribution in [2.75, 3.05) is 19.6 Å². The Balaban J connectivity index is 0.00000161. The first-order valence-electron chi connectivity index (χ1n) is 7.05. The van der Waals surface area contributed by atoms with E-state index in [1.165, 1.54) is 11.1 Å². The highest BCUT2D eigenvalue weighted by molar-refractivity contribution is 5.85. The monoisotopic (exact) mass is 301 g/mol. The van der Waals surface area contributed by atoms with Gasteiger partial charge < -0.3 is 10.6 Å². The molecule has 0 saturated carbocycles. The Morgan fingerprint density at radius 1 is 0.952 bits per heavy atom. The molecule has 0 fully saturated rings. The molecule has 0 bridgehead atoms. The molecule has 2 aromatic rings. The molecule has 0 radical (unpaired) electrons. The van der Waals surface area contributed by atoms with E-state index in [9.17, 15) is 0 Å². The van der Waals surface area contributed by atoms with Gasteiger partial charge in [-0.25, -0.2) is 0 Å². The van der Waals surface area contributed by atoms with Crippen molar-refractivity contribution in [2.24, 2.45) is 4.99 Å². The second kappa shape index (κ2) is 7.70. The maximum absolute atomic E-state index is 4.39. The predicted octanol–water partition coefficient (Wildman–Crippen LogP) is 2.79. The number of nitrogens with one attached hydrogen (secondary N) is 2. The van der Waals surface area contributed by atoms with Gasteiger partial charge in [0.2, 0.25) is 0 Å². The van der Waals surface area contributed by atoms with E-state index >= 15 is 0 Å². The van der Waals surface area contributed by atoms with Crippen molar-refractivity contribution in [3.8, 4) is 0 Å². The third kappa shape index (κ3) is 3.99. The lowest BCUT2D eigenvalue weighted by atomic mass is 9.91. The van der Waals surface area contributed by atoms with Crippen molar-refractivity contribution < 1.29 is 0 Å². The SMILES string of the molecule is Cl.c1ccc(C(CNC2=NCCN2)c2ccccc2)cc1. The quantitative estimate of drug-likeness (QED) is 0.911. The van der Waals surface area contributed by atoms with Crippen LogP contribution in [-0.4, -0.2) is 25.6 Å². The minimum absolute atomic E-state index is 0. The fourth-order valence-corrected chi connectivity index (χ4v) is 2.51. The van der Waals surface area contributed by atoms with E-state index in [4.69, 9.17) is 0 Å². The van der Waals surface area contributed by atoms with Crippen molar-refractivity contribution in [3.05, 3.63) is 71.8 Å². The van der Waals surface area contributed by atoms with E-state index in [0.717, 1.165) is 25.6 Å². The summed E-state index contributed by atoms with van der Waals surface area (Å²) in [4.78, 5) is 4.39. The molecule has 0 aliphatic carbocycles. The summed E-state index contributed by atoms with van der Waals surface area (Å²) in [5, 5.41) is 6.67. The van der Waals surface area contributed by atoms with Gasteiger partial charge in [-0.05, 0) is 11.1 Å². The second-order valence-corrected chi connectivity index (χ2v) is 4.91. The number of rotatable bonds is 4. The summed E-state index contributed by atoms with van der Waals surface area (Å²) in [5.74, 6) is 1.25. The Morgan fingerprint density at radius 3 is 2.00 bits per heavy atom. The Bertz CT molecular complexity index is 530. The average molecular weight is 302 g/mol. The first kappa shape index (κ1) is 15.4. The van der Waals surface area contributed by atoms with Gasteiger partial charge in [0, 0.05) is 19.0 Å². The van der Waals surface area contributed by atoms with Gasteiger partial charge in [-0.1, -0.05) is 60.7 Å². The van der Waals surface area contributed by atoms with Gasteiger partial charge in [-0.2, -0.15) is 0 Å². The largest absolute Gasteiger partial charge is 0.355 e. The molecule has 1 aliphatic rings. The molecule has 1 aliphatic heterocycles. The number of nitrogens with zero attached hydrogens (tertiary/aromatic N) is 1. The zero-order chi connectivity index (χ0) is 13.6. The van der Waals surface area contributed by atoms with E-state index in [2.05, 4.69) is 76.3 Å². The van der Waals surface area contributed by atoms with E-state index in [-0.39, 0.29) is 12.4 Å². The van der Waals surface area contributed by atoms with E-state index in [1.54, 1.807) is 0 Å². The molecule has 2 aromatic carbocycles. The fourth-order valence-electron chi connectivity index (χ4n) is 2.51. The van der Waals surface area contributed by atoms with Crippen LogP contribution in [0.4, 0.5) is 0 Å². The molecule has 0 spiro atoms. The molecule has 0 atom stereocenters. The van der Waals surface area contributed by atoms with Gasteiger partial charge in [-0.15, -0.1) is 12.4 Å². The van der Waals surface area contributed by atoms with Crippen molar-refractivity contribution in [1.29, 1.82) is 0 Å². The molecule has 0 saturated heterocycles. The maximum Gasteiger partial charge on any atom is 0.191 e. The van der Waals surface area contributed by atoms with Crippen LogP contribution in [0.2, 0.25) is 0 Å². The van der Waals surface area contributed by atoms with Crippen LogP contribution < -0.4 is 10.6 Å². The Labute approximate surface area is 131 Å². The Kier molecular flexibility index (Phi) is 5.64. The molecule has 0 amide bonds. The van der Waals surface area contributed by atoms with Gasteiger partial charge in [0.1, 0.15) is 0 Å². The van der Waals surface area contributed by atoms with Gasteiger partial charge in [-0.3, -0.25) is 4.99 Å². The predicted molar refractivity (Wildman–Crippen MR) is 90.3 cm³/mol. The molecule has 0 unspecified atom stereocenters. The van der Waals surface area contributed by atoms with E-state index < -0.39 is 0 Å². The Morgan fingerprint density at radius 2 is 1.52 bits per heavy atom. The van der Waals surface area contributed by atoms with E-state index in [1.807, 2.05) is 0 Å². The molecule has 3 nitrogen and oxygen atoms in total. The summed E-state index contributed by atoms with van der Waals surface area (Å²) in [5.41, 5.74) is 2.65. The fraction of sp³-hybridized carbons (Fsp3) is 0.235. The van der Waals surface area contributed by atoms with Crippen molar-refractivity contribution in [3.63, 3.8) is 0 Å². The molecule has 2 N–H and O–H groups in total. The number of guanidine groups is 1. The summed E-state index contributed by atoms with van der Waals surface area (Å²) < 4.78 is 0. The van der Waals surface area contributed by atoms with Gasteiger partial charge in [0.15, 0.2) is 5.96 Å². The number of hydrogen-bond acceptors (Lipinski definition) is 3. The molecule has 21 heavy (non-hydrogen) atoms. The molecule has 0 aromatic heterocycles. The summed E-state index contributed by atoms with van der Waals surface area (Å²) >= 11 is 0. The lowest BCUT2D eigenvalue weighted by molar-refractivity contribution is 0.745. The normalized spacial score (nSPS) is 13.3. The topological polar surface area (TPSA) is 36.4 Å². The summed E-state index contributed by atoms with van der Waals surface area (Å²) in [6.07, 6.45) is 0. The van der Waals surface area contributed by atoms with Crippen LogP contribution in [0.5, 0.6) is 0 Å². The highest BCUT2D eigenvalue weighted by Gasteiger charge is 2.15. The minimum Gasteiger partial charge on any atom is -0.355 e. The van der Waals surface area contributed by atoms with Crippen LogP contribution >= 0.6 is 12.4 Å². The molecular formula is C17H20ClN3. The van der Waals surface area contributed by atoms with Gasteiger partial charge in [0.05, 0.1) is 6.54 Å². The van der Waals surface area contributed by atoms with Crippen molar-refractivity contribution in [2.45, 2.75) is 5.92 Å². The van der Waals surface area contributed by atoms with Crippen molar-refractivity contribution in [1.82, 2.24) is 10.6 Å². The van der Waals surface area contributed by atoms with Crippen LogP contribution in [0.1, 0.15) is 17.0 Å². The van der Waals surface area contributed by atoms with Gasteiger partial charge in [0.25, 0.3) is 0 Å². The van der Waals surface area contributed by atoms with Crippen LogP contribution in [0, 0.1) is 0 Å². The first-order chi connectivity index (χ1) is 9.93.